The molecule has 114 valence electrons. The Kier molecular flexibility index (Phi) is 4.87. The summed E-state index contributed by atoms with van der Waals surface area (Å²) < 4.78 is 27.7. The summed E-state index contributed by atoms with van der Waals surface area (Å²) in [6.45, 7) is 12.3. The number of sulfonamides is 1. The van der Waals surface area contributed by atoms with E-state index in [4.69, 9.17) is 5.73 Å². The first kappa shape index (κ1) is 17.0. The zero-order valence-electron chi connectivity index (χ0n) is 13.2. The number of hydrogen-bond donors (Lipinski definition) is 2. The minimum Gasteiger partial charge on any atom is -0.399 e. The highest BCUT2D eigenvalue weighted by Crippen LogP contribution is 2.27. The lowest BCUT2D eigenvalue weighted by molar-refractivity contribution is 0.252. The van der Waals surface area contributed by atoms with E-state index in [9.17, 15) is 8.42 Å². The van der Waals surface area contributed by atoms with Gasteiger partial charge in [-0.3, -0.25) is 0 Å². The first-order valence-electron chi connectivity index (χ1n) is 6.84. The normalized spacial score (nSPS) is 12.9. The Labute approximate surface area is 122 Å². The van der Waals surface area contributed by atoms with Crippen LogP contribution in [0.15, 0.2) is 17.0 Å². The molecule has 1 aromatic carbocycles. The van der Waals surface area contributed by atoms with Crippen molar-refractivity contribution >= 4 is 15.7 Å². The number of aryl methyl sites for hydroxylation is 2. The van der Waals surface area contributed by atoms with Gasteiger partial charge in [-0.15, -0.1) is 0 Å². The highest BCUT2D eigenvalue weighted by molar-refractivity contribution is 7.89. The van der Waals surface area contributed by atoms with E-state index in [-0.39, 0.29) is 5.41 Å². The van der Waals surface area contributed by atoms with Crippen molar-refractivity contribution in [2.24, 2.45) is 11.3 Å². The quantitative estimate of drug-likeness (QED) is 0.821. The van der Waals surface area contributed by atoms with E-state index < -0.39 is 10.0 Å². The van der Waals surface area contributed by atoms with Crippen molar-refractivity contribution < 1.29 is 8.42 Å². The molecule has 1 rings (SSSR count). The Bertz CT molecular complexity index is 567. The number of nitrogen functional groups attached to an aromatic ring is 1. The van der Waals surface area contributed by atoms with Crippen molar-refractivity contribution in [3.05, 3.63) is 23.3 Å². The minimum atomic E-state index is -3.51. The largest absolute Gasteiger partial charge is 0.399 e. The van der Waals surface area contributed by atoms with Crippen LogP contribution in [0.1, 0.15) is 38.8 Å². The second-order valence-electron chi connectivity index (χ2n) is 6.45. The molecule has 0 aliphatic carbocycles. The van der Waals surface area contributed by atoms with Crippen molar-refractivity contribution in [1.29, 1.82) is 0 Å². The molecule has 0 aliphatic rings. The van der Waals surface area contributed by atoms with E-state index in [1.165, 1.54) is 0 Å². The first-order valence-corrected chi connectivity index (χ1v) is 8.32. The van der Waals surface area contributed by atoms with E-state index in [2.05, 4.69) is 32.4 Å². The molecule has 0 unspecified atom stereocenters. The lowest BCUT2D eigenvalue weighted by Crippen LogP contribution is -2.37. The molecule has 0 heterocycles. The van der Waals surface area contributed by atoms with Crippen molar-refractivity contribution in [1.82, 2.24) is 4.72 Å². The van der Waals surface area contributed by atoms with Crippen LogP contribution >= 0.6 is 0 Å². The number of rotatable bonds is 5. The molecule has 0 fully saturated rings. The van der Waals surface area contributed by atoms with Crippen LogP contribution in [0.5, 0.6) is 0 Å². The minimum absolute atomic E-state index is 0.0946. The van der Waals surface area contributed by atoms with Gasteiger partial charge in [0.2, 0.25) is 10.0 Å². The molecule has 0 spiro atoms. The SMILES string of the molecule is Cc1cc(N)cc(C)c1S(=O)(=O)NCC(C)(C)C(C)C. The summed E-state index contributed by atoms with van der Waals surface area (Å²) in [6.07, 6.45) is 0. The second-order valence-corrected chi connectivity index (χ2v) is 8.16. The van der Waals surface area contributed by atoms with Crippen molar-refractivity contribution in [3.8, 4) is 0 Å². The molecule has 0 aromatic heterocycles. The first-order chi connectivity index (χ1) is 8.97. The maximum Gasteiger partial charge on any atom is 0.241 e. The summed E-state index contributed by atoms with van der Waals surface area (Å²) in [4.78, 5) is 0.339. The molecule has 0 bridgehead atoms. The highest BCUT2D eigenvalue weighted by Gasteiger charge is 2.27. The number of benzene rings is 1. The Hall–Kier alpha value is -1.07. The molecule has 0 saturated carbocycles. The van der Waals surface area contributed by atoms with Gasteiger partial charge in [0.05, 0.1) is 4.90 Å². The molecule has 5 heteroatoms. The summed E-state index contributed by atoms with van der Waals surface area (Å²) in [6, 6.07) is 3.38. The van der Waals surface area contributed by atoms with E-state index in [1.807, 2.05) is 0 Å². The third kappa shape index (κ3) is 3.73. The van der Waals surface area contributed by atoms with Gasteiger partial charge in [0.15, 0.2) is 0 Å². The van der Waals surface area contributed by atoms with Crippen LogP contribution in [0, 0.1) is 25.2 Å². The molecule has 3 N–H and O–H groups in total. The number of hydrogen-bond acceptors (Lipinski definition) is 3. The Morgan fingerprint density at radius 3 is 2.05 bits per heavy atom. The monoisotopic (exact) mass is 298 g/mol. The molecule has 0 saturated heterocycles. The fraction of sp³-hybridized carbons (Fsp3) is 0.600. The number of nitrogens with two attached hydrogens (primary N) is 1. The van der Waals surface area contributed by atoms with Crippen LogP contribution < -0.4 is 10.5 Å². The van der Waals surface area contributed by atoms with Gasteiger partial charge in [0.25, 0.3) is 0 Å². The fourth-order valence-corrected chi connectivity index (χ4v) is 3.64. The predicted molar refractivity (Wildman–Crippen MR) is 84.1 cm³/mol. The predicted octanol–water partition coefficient (Wildman–Crippen LogP) is 2.85. The van der Waals surface area contributed by atoms with Crippen LogP contribution in [0.2, 0.25) is 0 Å². The van der Waals surface area contributed by atoms with Gasteiger partial charge in [-0.05, 0) is 48.4 Å². The van der Waals surface area contributed by atoms with Gasteiger partial charge < -0.3 is 5.73 Å². The summed E-state index contributed by atoms with van der Waals surface area (Å²) in [5.41, 5.74) is 7.59. The molecule has 4 nitrogen and oxygen atoms in total. The van der Waals surface area contributed by atoms with Gasteiger partial charge in [-0.25, -0.2) is 13.1 Å². The van der Waals surface area contributed by atoms with Gasteiger partial charge in [-0.1, -0.05) is 27.7 Å². The summed E-state index contributed by atoms with van der Waals surface area (Å²) in [5, 5.41) is 0. The summed E-state index contributed by atoms with van der Waals surface area (Å²) in [5.74, 6) is 0.388. The molecule has 0 radical (unpaired) electrons. The third-order valence-electron chi connectivity index (χ3n) is 4.03. The standard InChI is InChI=1S/C15H26N2O2S/c1-10(2)15(5,6)9-17-20(18,19)14-11(3)7-13(16)8-12(14)4/h7-8,10,17H,9,16H2,1-6H3. The van der Waals surface area contributed by atoms with Gasteiger partial charge >= 0.3 is 0 Å². The molecule has 1 aromatic rings. The zero-order chi connectivity index (χ0) is 15.7. The average Bonchev–Trinajstić information content (AvgIpc) is 2.24. The van der Waals surface area contributed by atoms with Crippen LogP contribution in [0.4, 0.5) is 5.69 Å². The number of nitrogens with one attached hydrogen (secondary N) is 1. The van der Waals surface area contributed by atoms with E-state index >= 15 is 0 Å². The topological polar surface area (TPSA) is 72.2 Å². The zero-order valence-corrected chi connectivity index (χ0v) is 14.1. The molecular weight excluding hydrogens is 272 g/mol. The molecule has 0 atom stereocenters. The fourth-order valence-electron chi connectivity index (χ4n) is 1.96. The van der Waals surface area contributed by atoms with Crippen LogP contribution in [0.3, 0.4) is 0 Å². The van der Waals surface area contributed by atoms with E-state index in [0.29, 0.717) is 34.2 Å². The summed E-state index contributed by atoms with van der Waals surface area (Å²) in [7, 11) is -3.51. The Morgan fingerprint density at radius 2 is 1.65 bits per heavy atom. The molecule has 0 aliphatic heterocycles. The van der Waals surface area contributed by atoms with Gasteiger partial charge in [0.1, 0.15) is 0 Å². The van der Waals surface area contributed by atoms with Crippen molar-refractivity contribution in [2.45, 2.75) is 46.4 Å². The van der Waals surface area contributed by atoms with Crippen LogP contribution in [-0.2, 0) is 10.0 Å². The number of anilines is 1. The van der Waals surface area contributed by atoms with Crippen LogP contribution in [-0.4, -0.2) is 15.0 Å². The van der Waals surface area contributed by atoms with Crippen molar-refractivity contribution in [3.63, 3.8) is 0 Å². The summed E-state index contributed by atoms with van der Waals surface area (Å²) >= 11 is 0. The van der Waals surface area contributed by atoms with E-state index in [0.717, 1.165) is 0 Å². The molecule has 0 amide bonds. The third-order valence-corrected chi connectivity index (χ3v) is 5.74. The molecular formula is C15H26N2O2S. The lowest BCUT2D eigenvalue weighted by Gasteiger charge is -2.29. The second kappa shape index (κ2) is 5.74. The molecule has 20 heavy (non-hydrogen) atoms. The Morgan fingerprint density at radius 1 is 1.20 bits per heavy atom. The lowest BCUT2D eigenvalue weighted by atomic mass is 9.81. The Balaban J connectivity index is 3.08. The average molecular weight is 298 g/mol. The highest BCUT2D eigenvalue weighted by atomic mass is 32.2. The van der Waals surface area contributed by atoms with E-state index in [1.54, 1.807) is 26.0 Å². The maximum absolute atomic E-state index is 12.5. The van der Waals surface area contributed by atoms with Crippen molar-refractivity contribution in [2.75, 3.05) is 12.3 Å². The van der Waals surface area contributed by atoms with Gasteiger partial charge in [0, 0.05) is 12.2 Å². The van der Waals surface area contributed by atoms with Gasteiger partial charge in [-0.2, -0.15) is 0 Å². The smallest absolute Gasteiger partial charge is 0.241 e. The maximum atomic E-state index is 12.5. The van der Waals surface area contributed by atoms with Crippen LogP contribution in [0.25, 0.3) is 0 Å².